The highest BCUT2D eigenvalue weighted by molar-refractivity contribution is 7.93. The first-order valence-electron chi connectivity index (χ1n) is 8.01. The van der Waals surface area contributed by atoms with Gasteiger partial charge in [-0.15, -0.1) is 0 Å². The Hall–Kier alpha value is -2.41. The minimum atomic E-state index is -3.69. The van der Waals surface area contributed by atoms with Crippen molar-refractivity contribution < 1.29 is 8.42 Å². The van der Waals surface area contributed by atoms with Crippen LogP contribution in [0.25, 0.3) is 11.0 Å². The highest BCUT2D eigenvalue weighted by Gasteiger charge is 2.31. The number of hydrogen-bond acceptors (Lipinski definition) is 4. The van der Waals surface area contributed by atoms with Gasteiger partial charge in [0, 0.05) is 18.9 Å². The number of fused-ring (bicyclic) bond motifs is 1. The molecule has 0 bridgehead atoms. The lowest BCUT2D eigenvalue weighted by molar-refractivity contribution is 0.326. The van der Waals surface area contributed by atoms with E-state index in [2.05, 4.69) is 15.0 Å². The number of hydrogen-bond donors (Lipinski definition) is 1. The maximum atomic E-state index is 13.3. The van der Waals surface area contributed by atoms with Gasteiger partial charge in [0.2, 0.25) is 0 Å². The van der Waals surface area contributed by atoms with E-state index in [4.69, 9.17) is 0 Å². The van der Waals surface area contributed by atoms with E-state index in [1.807, 2.05) is 30.3 Å². The highest BCUT2D eigenvalue weighted by Crippen LogP contribution is 2.33. The Bertz CT molecular complexity index is 949. The number of aromatic nitrogens is 3. The molecule has 4 rings (SSSR count). The number of aromatic amines is 1. The zero-order valence-electron chi connectivity index (χ0n) is 13.1. The number of para-hydroxylation sites is 1. The molecular formula is C17H18N4O2S. The van der Waals surface area contributed by atoms with Crippen molar-refractivity contribution in [2.24, 2.45) is 5.92 Å². The van der Waals surface area contributed by atoms with Crippen LogP contribution in [0.4, 0.5) is 5.69 Å². The van der Waals surface area contributed by atoms with Gasteiger partial charge >= 0.3 is 0 Å². The fourth-order valence-corrected chi connectivity index (χ4v) is 4.69. The summed E-state index contributed by atoms with van der Waals surface area (Å²) in [4.78, 5) is 11.2. The molecule has 0 radical (unpaired) electrons. The Morgan fingerprint density at radius 1 is 1.21 bits per heavy atom. The maximum absolute atomic E-state index is 13.3. The van der Waals surface area contributed by atoms with Crippen LogP contribution >= 0.6 is 0 Å². The molecule has 1 aliphatic carbocycles. The predicted molar refractivity (Wildman–Crippen MR) is 92.2 cm³/mol. The summed E-state index contributed by atoms with van der Waals surface area (Å²) < 4.78 is 28.2. The lowest BCUT2D eigenvalue weighted by Gasteiger charge is -2.33. The number of benzene rings is 1. The van der Waals surface area contributed by atoms with Crippen molar-refractivity contribution >= 4 is 26.7 Å². The Kier molecular flexibility index (Phi) is 3.72. The molecule has 0 amide bonds. The standard InChI is InChI=1S/C17H18N4O2S/c22-24(23,16-10-19-17-15(16)9-18-12-20-17)21(11-13-5-4-6-13)14-7-2-1-3-8-14/h1-3,7-10,12-13H,4-6,11H2,(H,18,19,20). The normalized spacial score (nSPS) is 15.3. The summed E-state index contributed by atoms with van der Waals surface area (Å²) in [6.45, 7) is 0.507. The largest absolute Gasteiger partial charge is 0.345 e. The number of H-pyrrole nitrogens is 1. The molecular weight excluding hydrogens is 324 g/mol. The van der Waals surface area contributed by atoms with E-state index in [0.29, 0.717) is 29.2 Å². The predicted octanol–water partition coefficient (Wildman–Crippen LogP) is 2.95. The van der Waals surface area contributed by atoms with Crippen LogP contribution in [0.3, 0.4) is 0 Å². The molecule has 1 saturated carbocycles. The van der Waals surface area contributed by atoms with Crippen LogP contribution in [0, 0.1) is 5.92 Å². The van der Waals surface area contributed by atoms with E-state index >= 15 is 0 Å². The zero-order chi connectivity index (χ0) is 16.6. The minimum absolute atomic E-state index is 0.223. The second-order valence-electron chi connectivity index (χ2n) is 6.11. The molecule has 1 N–H and O–H groups in total. The summed E-state index contributed by atoms with van der Waals surface area (Å²) in [6, 6.07) is 9.27. The van der Waals surface area contributed by atoms with E-state index in [1.165, 1.54) is 29.4 Å². The first-order valence-corrected chi connectivity index (χ1v) is 9.45. The van der Waals surface area contributed by atoms with Crippen molar-refractivity contribution in [2.45, 2.75) is 24.2 Å². The fraction of sp³-hybridized carbons (Fsp3) is 0.294. The first-order chi connectivity index (χ1) is 11.7. The second-order valence-corrected chi connectivity index (χ2v) is 7.94. The third-order valence-electron chi connectivity index (χ3n) is 4.58. The molecule has 2 aromatic heterocycles. The van der Waals surface area contributed by atoms with Gasteiger partial charge in [-0.05, 0) is 30.9 Å². The van der Waals surface area contributed by atoms with Gasteiger partial charge in [0.05, 0.1) is 11.1 Å². The monoisotopic (exact) mass is 342 g/mol. The molecule has 6 nitrogen and oxygen atoms in total. The molecule has 1 aliphatic rings. The maximum Gasteiger partial charge on any atom is 0.266 e. The van der Waals surface area contributed by atoms with Crippen molar-refractivity contribution in [3.63, 3.8) is 0 Å². The summed E-state index contributed by atoms with van der Waals surface area (Å²) in [5.74, 6) is 0.418. The number of rotatable bonds is 5. The van der Waals surface area contributed by atoms with E-state index in [1.54, 1.807) is 0 Å². The van der Waals surface area contributed by atoms with Gasteiger partial charge in [-0.2, -0.15) is 0 Å². The topological polar surface area (TPSA) is 79.0 Å². The molecule has 1 fully saturated rings. The molecule has 1 aromatic carbocycles. The SMILES string of the molecule is O=S(=O)(c1c[nH]c2ncncc12)N(CC1CCC1)c1ccccc1. The average molecular weight is 342 g/mol. The van der Waals surface area contributed by atoms with Gasteiger partial charge in [-0.25, -0.2) is 18.4 Å². The molecule has 0 atom stereocenters. The fourth-order valence-electron chi connectivity index (χ4n) is 3.02. The first kappa shape index (κ1) is 15.1. The van der Waals surface area contributed by atoms with Crippen LogP contribution in [0.15, 0.2) is 53.9 Å². The highest BCUT2D eigenvalue weighted by atomic mass is 32.2. The van der Waals surface area contributed by atoms with Crippen LogP contribution in [0.5, 0.6) is 0 Å². The zero-order valence-corrected chi connectivity index (χ0v) is 13.9. The van der Waals surface area contributed by atoms with Gasteiger partial charge in [0.25, 0.3) is 10.0 Å². The van der Waals surface area contributed by atoms with Crippen LogP contribution in [-0.2, 0) is 10.0 Å². The quantitative estimate of drug-likeness (QED) is 0.773. The van der Waals surface area contributed by atoms with Gasteiger partial charge in [0.1, 0.15) is 16.9 Å². The Morgan fingerprint density at radius 2 is 2.00 bits per heavy atom. The van der Waals surface area contributed by atoms with Crippen molar-refractivity contribution in [3.8, 4) is 0 Å². The Labute approximate surface area is 140 Å². The van der Waals surface area contributed by atoms with Gasteiger partial charge < -0.3 is 4.98 Å². The molecule has 3 aromatic rings. The lowest BCUT2D eigenvalue weighted by atomic mass is 9.85. The molecule has 0 saturated heterocycles. The van der Waals surface area contributed by atoms with E-state index < -0.39 is 10.0 Å². The summed E-state index contributed by atoms with van der Waals surface area (Å²) in [5, 5.41) is 0.520. The van der Waals surface area contributed by atoms with Crippen molar-refractivity contribution in [1.29, 1.82) is 0 Å². The summed E-state index contributed by atoms with van der Waals surface area (Å²) in [7, 11) is -3.69. The van der Waals surface area contributed by atoms with Gasteiger partial charge in [-0.1, -0.05) is 24.6 Å². The molecule has 24 heavy (non-hydrogen) atoms. The number of sulfonamides is 1. The van der Waals surface area contributed by atoms with Crippen LogP contribution in [0.2, 0.25) is 0 Å². The molecule has 0 unspecified atom stereocenters. The Balaban J connectivity index is 1.80. The van der Waals surface area contributed by atoms with E-state index in [0.717, 1.165) is 12.8 Å². The average Bonchev–Trinajstić information content (AvgIpc) is 2.99. The van der Waals surface area contributed by atoms with E-state index in [9.17, 15) is 8.42 Å². The minimum Gasteiger partial charge on any atom is -0.345 e. The van der Waals surface area contributed by atoms with Crippen LogP contribution in [-0.4, -0.2) is 29.9 Å². The summed E-state index contributed by atoms with van der Waals surface area (Å²) in [5.41, 5.74) is 1.22. The number of nitrogens with zero attached hydrogens (tertiary/aromatic N) is 3. The van der Waals surface area contributed by atoms with Crippen molar-refractivity contribution in [1.82, 2.24) is 15.0 Å². The van der Waals surface area contributed by atoms with Gasteiger partial charge in [0.15, 0.2) is 0 Å². The molecule has 7 heteroatoms. The smallest absolute Gasteiger partial charge is 0.266 e. The van der Waals surface area contributed by atoms with Crippen LogP contribution in [0.1, 0.15) is 19.3 Å². The van der Waals surface area contributed by atoms with Crippen molar-refractivity contribution in [2.75, 3.05) is 10.8 Å². The molecule has 124 valence electrons. The molecule has 2 heterocycles. The third kappa shape index (κ3) is 2.54. The van der Waals surface area contributed by atoms with Crippen molar-refractivity contribution in [3.05, 3.63) is 49.1 Å². The van der Waals surface area contributed by atoms with Crippen LogP contribution < -0.4 is 4.31 Å². The summed E-state index contributed by atoms with van der Waals surface area (Å²) >= 11 is 0. The van der Waals surface area contributed by atoms with E-state index in [-0.39, 0.29) is 4.90 Å². The third-order valence-corrected chi connectivity index (χ3v) is 6.41. The summed E-state index contributed by atoms with van der Waals surface area (Å²) in [6.07, 6.45) is 7.78. The number of nitrogens with one attached hydrogen (secondary N) is 1. The lowest BCUT2D eigenvalue weighted by Crippen LogP contribution is -2.37. The number of anilines is 1. The molecule has 0 spiro atoms. The van der Waals surface area contributed by atoms with Gasteiger partial charge in [-0.3, -0.25) is 4.31 Å². The second kappa shape index (κ2) is 5.90. The Morgan fingerprint density at radius 3 is 2.71 bits per heavy atom. The molecule has 0 aliphatic heterocycles.